The number of aryl methyl sites for hydroxylation is 3. The van der Waals surface area contributed by atoms with E-state index in [0.717, 1.165) is 54.6 Å². The van der Waals surface area contributed by atoms with Gasteiger partial charge >= 0.3 is 12.4 Å². The van der Waals surface area contributed by atoms with Gasteiger partial charge in [-0.05, 0) is 92.5 Å². The van der Waals surface area contributed by atoms with Crippen molar-refractivity contribution in [2.24, 2.45) is 4.99 Å². The number of rotatable bonds is 8. The second kappa shape index (κ2) is 13.6. The molecule has 0 saturated heterocycles. The summed E-state index contributed by atoms with van der Waals surface area (Å²) in [6.07, 6.45) is 1.40. The fourth-order valence-electron chi connectivity index (χ4n) is 6.06. The van der Waals surface area contributed by atoms with Gasteiger partial charge in [0, 0.05) is 22.7 Å². The zero-order valence-corrected chi connectivity index (χ0v) is 27.1. The number of aromatic nitrogens is 4. The predicted molar refractivity (Wildman–Crippen MR) is 175 cm³/mol. The van der Waals surface area contributed by atoms with Gasteiger partial charge in [-0.15, -0.1) is 29.6 Å². The van der Waals surface area contributed by atoms with Gasteiger partial charge in [0.2, 0.25) is 0 Å². The van der Waals surface area contributed by atoms with E-state index < -0.39 is 6.36 Å². The van der Waals surface area contributed by atoms with Crippen molar-refractivity contribution < 1.29 is 22.7 Å². The molecule has 0 aliphatic heterocycles. The smallest absolute Gasteiger partial charge is 0.406 e. The average Bonchev–Trinajstić information content (AvgIpc) is 3.79. The maximum absolute atomic E-state index is 13.1. The number of benzene rings is 3. The van der Waals surface area contributed by atoms with Crippen molar-refractivity contribution in [3.05, 3.63) is 106 Å². The highest BCUT2D eigenvalue weighted by atomic mass is 32.1. The number of thiazole rings is 1. The van der Waals surface area contributed by atoms with Gasteiger partial charge < -0.3 is 10.1 Å². The lowest BCUT2D eigenvalue weighted by molar-refractivity contribution is -0.274. The van der Waals surface area contributed by atoms with E-state index in [0.29, 0.717) is 22.2 Å². The minimum atomic E-state index is -4.74. The van der Waals surface area contributed by atoms with Gasteiger partial charge in [-0.3, -0.25) is 4.57 Å². The molecule has 2 unspecified atom stereocenters. The van der Waals surface area contributed by atoms with Crippen LogP contribution in [0.15, 0.2) is 83.4 Å². The van der Waals surface area contributed by atoms with Crippen LogP contribution >= 0.6 is 11.3 Å². The van der Waals surface area contributed by atoms with E-state index in [4.69, 9.17) is 0 Å². The number of hydrogen-bond acceptors (Lipinski definition) is 5. The van der Waals surface area contributed by atoms with E-state index in [1.165, 1.54) is 57.7 Å². The van der Waals surface area contributed by atoms with Crippen LogP contribution in [0.3, 0.4) is 0 Å². The summed E-state index contributed by atoms with van der Waals surface area (Å²) in [5.41, 5.74) is 7.08. The van der Waals surface area contributed by atoms with E-state index in [1.807, 2.05) is 24.4 Å². The van der Waals surface area contributed by atoms with Crippen LogP contribution in [0.1, 0.15) is 60.9 Å². The number of carbonyl (C=O) groups is 1. The minimum absolute atomic E-state index is 0.0327. The molecule has 1 fully saturated rings. The second-order valence-electron chi connectivity index (χ2n) is 11.8. The third-order valence-electron chi connectivity index (χ3n) is 8.30. The number of urea groups is 1. The van der Waals surface area contributed by atoms with Gasteiger partial charge in [0.25, 0.3) is 0 Å². The second-order valence-corrected chi connectivity index (χ2v) is 12.7. The summed E-state index contributed by atoms with van der Waals surface area (Å²) in [5, 5.41) is 9.66. The summed E-state index contributed by atoms with van der Waals surface area (Å²) in [6, 6.07) is 19.7. The molecule has 1 N–H and O–H groups in total. The van der Waals surface area contributed by atoms with E-state index in [1.54, 1.807) is 0 Å². The van der Waals surface area contributed by atoms with Crippen LogP contribution in [0, 0.1) is 13.8 Å². The molecule has 2 atom stereocenters. The SMILES string of the molecule is CCCc1ccc(C)cc1-n1c(C)csc1=NC(=O)NC1CCC(c2ccc(-c3ncn(-c4ccc(OC(F)(F)F)cc4)n3)cc2)C1. The molecular weight excluding hydrogens is 625 g/mol. The number of hydrogen-bond donors (Lipinski definition) is 1. The molecule has 0 spiro atoms. The zero-order valence-electron chi connectivity index (χ0n) is 26.3. The quantitative estimate of drug-likeness (QED) is 0.182. The lowest BCUT2D eigenvalue weighted by atomic mass is 9.96. The highest BCUT2D eigenvalue weighted by Gasteiger charge is 2.31. The molecule has 0 radical (unpaired) electrons. The van der Waals surface area contributed by atoms with Crippen LogP contribution in [0.2, 0.25) is 0 Å². The maximum Gasteiger partial charge on any atom is 0.573 e. The topological polar surface area (TPSA) is 86.3 Å². The van der Waals surface area contributed by atoms with Crippen LogP contribution in [0.4, 0.5) is 18.0 Å². The minimum Gasteiger partial charge on any atom is -0.406 e. The van der Waals surface area contributed by atoms with Crippen LogP contribution in [-0.4, -0.2) is 37.8 Å². The molecule has 6 rings (SSSR count). The molecule has 2 heterocycles. The van der Waals surface area contributed by atoms with Crippen molar-refractivity contribution in [2.45, 2.75) is 71.2 Å². The number of ether oxygens (including phenoxy) is 1. The number of amides is 2. The van der Waals surface area contributed by atoms with Crippen molar-refractivity contribution in [3.63, 3.8) is 0 Å². The highest BCUT2D eigenvalue weighted by molar-refractivity contribution is 7.07. The third-order valence-corrected chi connectivity index (χ3v) is 9.25. The number of carbonyl (C=O) groups excluding carboxylic acids is 1. The summed E-state index contributed by atoms with van der Waals surface area (Å²) in [5.74, 6) is 0.499. The lowest BCUT2D eigenvalue weighted by Gasteiger charge is -2.14. The molecular formula is C35H35F3N6O2S. The van der Waals surface area contributed by atoms with Gasteiger partial charge in [0.15, 0.2) is 10.6 Å². The number of halogens is 3. The molecule has 12 heteroatoms. The molecule has 244 valence electrons. The predicted octanol–water partition coefficient (Wildman–Crippen LogP) is 8.20. The van der Waals surface area contributed by atoms with E-state index in [2.05, 4.69) is 73.9 Å². The Balaban J connectivity index is 1.09. The Labute approximate surface area is 274 Å². The standard InChI is InChI=1S/C35H35F3N6O2S/c1-4-5-25-7-6-22(2)18-31(25)44-23(3)20-47-34(44)41-33(45)40-28-13-12-27(19-28)24-8-10-26(11-9-24)32-39-21-43(42-32)29-14-16-30(17-15-29)46-35(36,37)38/h6-11,14-18,20-21,27-28H,4-5,12-13,19H2,1-3H3,(H,40,45). The molecule has 47 heavy (non-hydrogen) atoms. The van der Waals surface area contributed by atoms with Crippen molar-refractivity contribution in [1.82, 2.24) is 24.6 Å². The monoisotopic (exact) mass is 660 g/mol. The Morgan fingerprint density at radius 3 is 2.55 bits per heavy atom. The van der Waals surface area contributed by atoms with Gasteiger partial charge in [0.1, 0.15) is 12.1 Å². The molecule has 1 saturated carbocycles. The fourth-order valence-corrected chi connectivity index (χ4v) is 6.92. The van der Waals surface area contributed by atoms with Gasteiger partial charge in [-0.2, -0.15) is 4.99 Å². The van der Waals surface area contributed by atoms with Crippen LogP contribution in [-0.2, 0) is 6.42 Å². The van der Waals surface area contributed by atoms with E-state index >= 15 is 0 Å². The van der Waals surface area contributed by atoms with Crippen LogP contribution in [0.5, 0.6) is 5.75 Å². The summed E-state index contributed by atoms with van der Waals surface area (Å²) in [7, 11) is 0. The van der Waals surface area contributed by atoms with Gasteiger partial charge in [-0.1, -0.05) is 49.7 Å². The van der Waals surface area contributed by atoms with Crippen LogP contribution < -0.4 is 14.9 Å². The first kappa shape index (κ1) is 32.2. The third kappa shape index (κ3) is 7.65. The first-order chi connectivity index (χ1) is 22.6. The summed E-state index contributed by atoms with van der Waals surface area (Å²) >= 11 is 1.47. The van der Waals surface area contributed by atoms with Gasteiger partial charge in [-0.25, -0.2) is 14.5 Å². The Kier molecular flexibility index (Phi) is 9.31. The largest absolute Gasteiger partial charge is 0.573 e. The number of nitrogens with zero attached hydrogens (tertiary/aromatic N) is 5. The van der Waals surface area contributed by atoms with Crippen molar-refractivity contribution >= 4 is 17.4 Å². The van der Waals surface area contributed by atoms with Gasteiger partial charge in [0.05, 0.1) is 11.4 Å². The first-order valence-electron chi connectivity index (χ1n) is 15.6. The molecule has 0 bridgehead atoms. The number of alkyl halides is 3. The molecule has 3 aromatic carbocycles. The normalized spacial score (nSPS) is 16.9. The lowest BCUT2D eigenvalue weighted by Crippen LogP contribution is -2.32. The van der Waals surface area contributed by atoms with Crippen LogP contribution in [0.25, 0.3) is 22.8 Å². The maximum atomic E-state index is 13.1. The first-order valence-corrected chi connectivity index (χ1v) is 16.4. The van der Waals surface area contributed by atoms with Crippen molar-refractivity contribution in [2.75, 3.05) is 0 Å². The highest BCUT2D eigenvalue weighted by Crippen LogP contribution is 2.35. The molecule has 2 aromatic heterocycles. The van der Waals surface area contributed by atoms with Crippen molar-refractivity contribution in [3.8, 4) is 28.5 Å². The summed E-state index contributed by atoms with van der Waals surface area (Å²) in [6.45, 7) is 6.28. The molecule has 2 amide bonds. The number of nitrogens with one attached hydrogen (secondary N) is 1. The summed E-state index contributed by atoms with van der Waals surface area (Å²) in [4.78, 5) is 22.6. The molecule has 1 aliphatic carbocycles. The zero-order chi connectivity index (χ0) is 33.1. The molecule has 8 nitrogen and oxygen atoms in total. The average molecular weight is 661 g/mol. The van der Waals surface area contributed by atoms with E-state index in [9.17, 15) is 18.0 Å². The Morgan fingerprint density at radius 1 is 1.06 bits per heavy atom. The van der Waals surface area contributed by atoms with Crippen molar-refractivity contribution in [1.29, 1.82) is 0 Å². The Morgan fingerprint density at radius 2 is 1.83 bits per heavy atom. The fraction of sp³-hybridized carbons (Fsp3) is 0.314. The molecule has 1 aliphatic rings. The summed E-state index contributed by atoms with van der Waals surface area (Å²) < 4.78 is 44.9. The Hall–Kier alpha value is -4.71. The Bertz CT molecular complexity index is 1930. The molecule has 5 aromatic rings. The van der Waals surface area contributed by atoms with E-state index in [-0.39, 0.29) is 17.8 Å².